The molecular weight excluding hydrogens is 270 g/mol. The molecule has 0 saturated heterocycles. The zero-order valence-corrected chi connectivity index (χ0v) is 11.1. The van der Waals surface area contributed by atoms with Gasteiger partial charge in [-0.3, -0.25) is 4.98 Å². The van der Waals surface area contributed by atoms with Crippen LogP contribution in [0.5, 0.6) is 0 Å². The third kappa shape index (κ3) is 3.28. The van der Waals surface area contributed by atoms with Crippen LogP contribution in [-0.4, -0.2) is 11.5 Å². The van der Waals surface area contributed by atoms with Gasteiger partial charge in [0, 0.05) is 10.6 Å². The van der Waals surface area contributed by atoms with Crippen LogP contribution in [0.25, 0.3) is 0 Å². The molecule has 0 aliphatic carbocycles. The quantitative estimate of drug-likeness (QED) is 0.925. The summed E-state index contributed by atoms with van der Waals surface area (Å²) in [5, 5.41) is 3.46. The Morgan fingerprint density at radius 3 is 2.63 bits per heavy atom. The molecule has 1 atom stereocenters. The summed E-state index contributed by atoms with van der Waals surface area (Å²) in [6.45, 7) is 2.54. The van der Waals surface area contributed by atoms with E-state index in [9.17, 15) is 8.78 Å². The second-order valence-corrected chi connectivity index (χ2v) is 4.49. The second kappa shape index (κ2) is 6.08. The highest BCUT2D eigenvalue weighted by Gasteiger charge is 2.18. The smallest absolute Gasteiger partial charge is 0.141 e. The molecular formula is C14H13ClF2N2. The molecule has 0 saturated carbocycles. The van der Waals surface area contributed by atoms with Crippen molar-refractivity contribution in [2.75, 3.05) is 6.54 Å². The van der Waals surface area contributed by atoms with Gasteiger partial charge in [-0.25, -0.2) is 8.78 Å². The lowest BCUT2D eigenvalue weighted by Crippen LogP contribution is -2.24. The first-order valence-electron chi connectivity index (χ1n) is 5.91. The van der Waals surface area contributed by atoms with Crippen LogP contribution < -0.4 is 5.32 Å². The summed E-state index contributed by atoms with van der Waals surface area (Å²) in [5.41, 5.74) is 0.995. The Morgan fingerprint density at radius 1 is 1.26 bits per heavy atom. The fourth-order valence-corrected chi connectivity index (χ4v) is 2.03. The standard InChI is InChI=1S/C14H13ClF2N2/c1-2-18-14(13-6-4-10(16)8-19-13)11-5-3-9(15)7-12(11)17/h3-8,14,18H,2H2,1H3. The number of pyridine rings is 1. The Labute approximate surface area is 115 Å². The molecule has 1 aromatic heterocycles. The fourth-order valence-electron chi connectivity index (χ4n) is 1.87. The van der Waals surface area contributed by atoms with Crippen molar-refractivity contribution in [2.45, 2.75) is 13.0 Å². The van der Waals surface area contributed by atoms with Crippen molar-refractivity contribution in [1.82, 2.24) is 10.3 Å². The fraction of sp³-hybridized carbons (Fsp3) is 0.214. The average Bonchev–Trinajstić information content (AvgIpc) is 2.38. The number of aromatic nitrogens is 1. The van der Waals surface area contributed by atoms with Crippen LogP contribution in [0, 0.1) is 11.6 Å². The Morgan fingerprint density at radius 2 is 2.05 bits per heavy atom. The average molecular weight is 283 g/mol. The van der Waals surface area contributed by atoms with E-state index in [0.29, 0.717) is 22.8 Å². The van der Waals surface area contributed by atoms with Crippen LogP contribution in [0.15, 0.2) is 36.5 Å². The van der Waals surface area contributed by atoms with Gasteiger partial charge in [0.05, 0.1) is 17.9 Å². The van der Waals surface area contributed by atoms with Crippen molar-refractivity contribution >= 4 is 11.6 Å². The first-order valence-corrected chi connectivity index (χ1v) is 6.29. The molecule has 1 N–H and O–H groups in total. The maximum absolute atomic E-state index is 14.0. The minimum absolute atomic E-state index is 0.337. The number of rotatable bonds is 4. The van der Waals surface area contributed by atoms with Crippen LogP contribution in [0.1, 0.15) is 24.2 Å². The molecule has 0 spiro atoms. The molecule has 0 radical (unpaired) electrons. The summed E-state index contributed by atoms with van der Waals surface area (Å²) in [6.07, 6.45) is 1.12. The third-order valence-electron chi connectivity index (χ3n) is 2.73. The van der Waals surface area contributed by atoms with E-state index in [1.54, 1.807) is 12.1 Å². The van der Waals surface area contributed by atoms with Crippen LogP contribution in [0.2, 0.25) is 5.02 Å². The van der Waals surface area contributed by atoms with Crippen molar-refractivity contribution in [1.29, 1.82) is 0 Å². The molecule has 1 aromatic carbocycles. The number of hydrogen-bond donors (Lipinski definition) is 1. The van der Waals surface area contributed by atoms with Gasteiger partial charge in [0.25, 0.3) is 0 Å². The van der Waals surface area contributed by atoms with Crippen LogP contribution >= 0.6 is 11.6 Å². The molecule has 0 aliphatic heterocycles. The van der Waals surface area contributed by atoms with Crippen LogP contribution in [-0.2, 0) is 0 Å². The number of benzene rings is 1. The zero-order valence-electron chi connectivity index (χ0n) is 10.3. The molecule has 2 aromatic rings. The van der Waals surface area contributed by atoms with E-state index in [-0.39, 0.29) is 0 Å². The monoisotopic (exact) mass is 282 g/mol. The van der Waals surface area contributed by atoms with Gasteiger partial charge in [-0.1, -0.05) is 24.6 Å². The number of hydrogen-bond acceptors (Lipinski definition) is 2. The summed E-state index contributed by atoms with van der Waals surface area (Å²) in [4.78, 5) is 4.00. The molecule has 2 rings (SSSR count). The number of nitrogens with zero attached hydrogens (tertiary/aromatic N) is 1. The van der Waals surface area contributed by atoms with Gasteiger partial charge in [-0.15, -0.1) is 0 Å². The first-order chi connectivity index (χ1) is 9.11. The van der Waals surface area contributed by atoms with Gasteiger partial charge >= 0.3 is 0 Å². The maximum atomic E-state index is 14.0. The summed E-state index contributed by atoms with van der Waals surface area (Å²) >= 11 is 5.74. The molecule has 0 fully saturated rings. The molecule has 100 valence electrons. The molecule has 0 amide bonds. The van der Waals surface area contributed by atoms with E-state index in [1.807, 2.05) is 6.92 Å². The minimum Gasteiger partial charge on any atom is -0.305 e. The van der Waals surface area contributed by atoms with Crippen molar-refractivity contribution in [3.05, 3.63) is 64.4 Å². The molecule has 2 nitrogen and oxygen atoms in total. The van der Waals surface area contributed by atoms with Gasteiger partial charge in [-0.2, -0.15) is 0 Å². The van der Waals surface area contributed by atoms with Gasteiger partial charge in [0.2, 0.25) is 0 Å². The van der Waals surface area contributed by atoms with Crippen molar-refractivity contribution < 1.29 is 8.78 Å². The second-order valence-electron chi connectivity index (χ2n) is 4.06. The summed E-state index contributed by atoms with van der Waals surface area (Å²) in [6, 6.07) is 6.90. The van der Waals surface area contributed by atoms with Gasteiger partial charge < -0.3 is 5.32 Å². The van der Waals surface area contributed by atoms with E-state index in [1.165, 1.54) is 18.2 Å². The molecule has 5 heteroatoms. The largest absolute Gasteiger partial charge is 0.305 e. The Balaban J connectivity index is 2.41. The van der Waals surface area contributed by atoms with Crippen molar-refractivity contribution in [2.24, 2.45) is 0 Å². The van der Waals surface area contributed by atoms with Gasteiger partial charge in [0.1, 0.15) is 11.6 Å². The van der Waals surface area contributed by atoms with Crippen molar-refractivity contribution in [3.63, 3.8) is 0 Å². The lowest BCUT2D eigenvalue weighted by Gasteiger charge is -2.18. The molecule has 0 bridgehead atoms. The normalized spacial score (nSPS) is 12.4. The Kier molecular flexibility index (Phi) is 4.45. The van der Waals surface area contributed by atoms with E-state index in [4.69, 9.17) is 11.6 Å². The summed E-state index contributed by atoms with van der Waals surface area (Å²) in [5.74, 6) is -0.833. The van der Waals surface area contributed by atoms with Crippen molar-refractivity contribution in [3.8, 4) is 0 Å². The minimum atomic E-state index is -0.428. The zero-order chi connectivity index (χ0) is 13.8. The SMILES string of the molecule is CCNC(c1ccc(F)cn1)c1ccc(Cl)cc1F. The van der Waals surface area contributed by atoms with Crippen LogP contribution in [0.3, 0.4) is 0 Å². The Bertz CT molecular complexity index is 558. The number of nitrogens with one attached hydrogen (secondary N) is 1. The Hall–Kier alpha value is -1.52. The highest BCUT2D eigenvalue weighted by molar-refractivity contribution is 6.30. The van der Waals surface area contributed by atoms with Crippen LogP contribution in [0.4, 0.5) is 8.78 Å². The van der Waals surface area contributed by atoms with Gasteiger partial charge in [0.15, 0.2) is 0 Å². The van der Waals surface area contributed by atoms with E-state index >= 15 is 0 Å². The lowest BCUT2D eigenvalue weighted by molar-refractivity contribution is 0.548. The maximum Gasteiger partial charge on any atom is 0.141 e. The predicted molar refractivity (Wildman–Crippen MR) is 71.1 cm³/mol. The topological polar surface area (TPSA) is 24.9 Å². The third-order valence-corrected chi connectivity index (χ3v) is 2.96. The van der Waals surface area contributed by atoms with E-state index in [2.05, 4.69) is 10.3 Å². The molecule has 1 heterocycles. The lowest BCUT2D eigenvalue weighted by atomic mass is 10.0. The van der Waals surface area contributed by atoms with E-state index in [0.717, 1.165) is 6.20 Å². The molecule has 1 unspecified atom stereocenters. The molecule has 19 heavy (non-hydrogen) atoms. The summed E-state index contributed by atoms with van der Waals surface area (Å²) in [7, 11) is 0. The van der Waals surface area contributed by atoms with E-state index < -0.39 is 17.7 Å². The predicted octanol–water partition coefficient (Wildman–Crippen LogP) is 3.71. The molecule has 0 aliphatic rings. The summed E-state index contributed by atoms with van der Waals surface area (Å²) < 4.78 is 26.9. The highest BCUT2D eigenvalue weighted by atomic mass is 35.5. The highest BCUT2D eigenvalue weighted by Crippen LogP contribution is 2.25. The number of halogens is 3. The first kappa shape index (κ1) is 13.9. The van der Waals surface area contributed by atoms with Gasteiger partial charge in [-0.05, 0) is 30.8 Å².